The Kier molecular flexibility index (Phi) is 1.89. The monoisotopic (exact) mass is 192 g/mol. The van der Waals surface area contributed by atoms with Crippen LogP contribution in [0.4, 0.5) is 0 Å². The molecule has 0 bridgehead atoms. The predicted octanol–water partition coefficient (Wildman–Crippen LogP) is 2.55. The lowest BCUT2D eigenvalue weighted by Gasteiger charge is -1.91. The summed E-state index contributed by atoms with van der Waals surface area (Å²) in [5.74, 6) is -0.151. The fourth-order valence-corrected chi connectivity index (χ4v) is 1.24. The Morgan fingerprint density at radius 3 is 2.79 bits per heavy atom. The second-order valence-corrected chi connectivity index (χ2v) is 2.91. The molecular formula is C10H8O4. The van der Waals surface area contributed by atoms with Crippen molar-refractivity contribution in [2.24, 2.45) is 0 Å². The zero-order valence-corrected chi connectivity index (χ0v) is 7.48. The molecule has 0 amide bonds. The number of furan rings is 2. The van der Waals surface area contributed by atoms with Gasteiger partial charge in [0, 0.05) is 0 Å². The van der Waals surface area contributed by atoms with Gasteiger partial charge in [0.15, 0.2) is 11.5 Å². The molecule has 72 valence electrons. The molecule has 0 spiro atoms. The van der Waals surface area contributed by atoms with Crippen molar-refractivity contribution in [3.63, 3.8) is 0 Å². The third-order valence-electron chi connectivity index (χ3n) is 1.87. The zero-order chi connectivity index (χ0) is 10.1. The molecule has 2 heterocycles. The molecule has 0 aliphatic rings. The summed E-state index contributed by atoms with van der Waals surface area (Å²) in [6.45, 7) is 1.77. The van der Waals surface area contributed by atoms with E-state index in [1.54, 1.807) is 19.1 Å². The minimum absolute atomic E-state index is 0.0751. The summed E-state index contributed by atoms with van der Waals surface area (Å²) in [6.07, 6.45) is 1.51. The van der Waals surface area contributed by atoms with Crippen molar-refractivity contribution in [1.29, 1.82) is 0 Å². The van der Waals surface area contributed by atoms with Crippen LogP contribution in [0.3, 0.4) is 0 Å². The van der Waals surface area contributed by atoms with Gasteiger partial charge in [-0.1, -0.05) is 0 Å². The Morgan fingerprint density at radius 1 is 1.50 bits per heavy atom. The molecule has 0 radical (unpaired) electrons. The van der Waals surface area contributed by atoms with Crippen molar-refractivity contribution in [2.45, 2.75) is 6.92 Å². The molecule has 0 saturated heterocycles. The van der Waals surface area contributed by atoms with Crippen LogP contribution in [0.2, 0.25) is 0 Å². The van der Waals surface area contributed by atoms with E-state index in [9.17, 15) is 4.79 Å². The molecule has 14 heavy (non-hydrogen) atoms. The van der Waals surface area contributed by atoms with Gasteiger partial charge in [-0.25, -0.2) is 4.79 Å². The molecule has 0 aliphatic heterocycles. The average molecular weight is 192 g/mol. The number of aromatic carboxylic acids is 1. The molecule has 2 aromatic heterocycles. The quantitative estimate of drug-likeness (QED) is 0.794. The Balaban J connectivity index is 2.50. The third-order valence-corrected chi connectivity index (χ3v) is 1.87. The summed E-state index contributed by atoms with van der Waals surface area (Å²) >= 11 is 0. The van der Waals surface area contributed by atoms with E-state index in [1.807, 2.05) is 0 Å². The maximum Gasteiger partial charge on any atom is 0.371 e. The van der Waals surface area contributed by atoms with Gasteiger partial charge in [0.2, 0.25) is 5.76 Å². The molecule has 2 aromatic rings. The molecule has 4 heteroatoms. The van der Waals surface area contributed by atoms with Crippen LogP contribution in [0.5, 0.6) is 0 Å². The van der Waals surface area contributed by atoms with Gasteiger partial charge in [-0.05, 0) is 30.7 Å². The van der Waals surface area contributed by atoms with Crippen LogP contribution in [-0.2, 0) is 0 Å². The van der Waals surface area contributed by atoms with Crippen LogP contribution in [0, 0.1) is 6.92 Å². The molecule has 1 N–H and O–H groups in total. The molecule has 0 fully saturated rings. The lowest BCUT2D eigenvalue weighted by Crippen LogP contribution is -1.91. The van der Waals surface area contributed by atoms with Gasteiger partial charge in [0.1, 0.15) is 0 Å². The fourth-order valence-electron chi connectivity index (χ4n) is 1.24. The van der Waals surface area contributed by atoms with Gasteiger partial charge < -0.3 is 13.9 Å². The third kappa shape index (κ3) is 1.31. The topological polar surface area (TPSA) is 63.6 Å². The highest BCUT2D eigenvalue weighted by Crippen LogP contribution is 2.26. The highest BCUT2D eigenvalue weighted by atomic mass is 16.4. The first kappa shape index (κ1) is 8.62. The maximum atomic E-state index is 10.6. The molecule has 4 nitrogen and oxygen atoms in total. The zero-order valence-electron chi connectivity index (χ0n) is 7.48. The number of aryl methyl sites for hydroxylation is 1. The van der Waals surface area contributed by atoms with Crippen molar-refractivity contribution in [3.05, 3.63) is 35.8 Å². The number of carboxylic acid groups (broad SMARTS) is 1. The van der Waals surface area contributed by atoms with E-state index in [-0.39, 0.29) is 5.76 Å². The van der Waals surface area contributed by atoms with Gasteiger partial charge in [0.25, 0.3) is 0 Å². The first-order chi connectivity index (χ1) is 6.68. The van der Waals surface area contributed by atoms with Gasteiger partial charge in [-0.3, -0.25) is 0 Å². The van der Waals surface area contributed by atoms with Crippen molar-refractivity contribution in [3.8, 4) is 11.5 Å². The highest BCUT2D eigenvalue weighted by Gasteiger charge is 2.15. The van der Waals surface area contributed by atoms with Gasteiger partial charge in [-0.2, -0.15) is 0 Å². The number of rotatable bonds is 2. The second kappa shape index (κ2) is 3.06. The Hall–Kier alpha value is -1.97. The van der Waals surface area contributed by atoms with Crippen LogP contribution in [0.25, 0.3) is 11.5 Å². The minimum Gasteiger partial charge on any atom is -0.475 e. The smallest absolute Gasteiger partial charge is 0.371 e. The molecule has 0 aromatic carbocycles. The van der Waals surface area contributed by atoms with Gasteiger partial charge in [-0.15, -0.1) is 0 Å². The summed E-state index contributed by atoms with van der Waals surface area (Å²) in [7, 11) is 0. The summed E-state index contributed by atoms with van der Waals surface area (Å²) in [6, 6.07) is 4.91. The summed E-state index contributed by atoms with van der Waals surface area (Å²) in [5.41, 5.74) is 0.748. The van der Waals surface area contributed by atoms with Crippen LogP contribution < -0.4 is 0 Å². The number of hydrogen-bond donors (Lipinski definition) is 1. The Morgan fingerprint density at radius 2 is 2.29 bits per heavy atom. The predicted molar refractivity (Wildman–Crippen MR) is 48.1 cm³/mol. The fraction of sp³-hybridized carbons (Fsp3) is 0.100. The molecule has 2 rings (SSSR count). The van der Waals surface area contributed by atoms with E-state index in [0.29, 0.717) is 11.5 Å². The molecule has 0 unspecified atom stereocenters. The molecular weight excluding hydrogens is 184 g/mol. The van der Waals surface area contributed by atoms with E-state index in [4.69, 9.17) is 13.9 Å². The Bertz CT molecular complexity index is 450. The van der Waals surface area contributed by atoms with E-state index in [2.05, 4.69) is 0 Å². The lowest BCUT2D eigenvalue weighted by molar-refractivity contribution is 0.0663. The van der Waals surface area contributed by atoms with Crippen molar-refractivity contribution < 1.29 is 18.7 Å². The number of hydrogen-bond acceptors (Lipinski definition) is 3. The standard InChI is InChI=1S/C10H8O4/c1-6-5-8(10(11)12)14-9(6)7-3-2-4-13-7/h2-5H,1H3,(H,11,12). The summed E-state index contributed by atoms with van der Waals surface area (Å²) in [5, 5.41) is 8.70. The first-order valence-corrected chi connectivity index (χ1v) is 4.06. The van der Waals surface area contributed by atoms with Crippen molar-refractivity contribution >= 4 is 5.97 Å². The van der Waals surface area contributed by atoms with Crippen molar-refractivity contribution in [2.75, 3.05) is 0 Å². The normalized spacial score (nSPS) is 10.4. The number of carbonyl (C=O) groups is 1. The largest absolute Gasteiger partial charge is 0.475 e. The molecule has 0 saturated carbocycles. The first-order valence-electron chi connectivity index (χ1n) is 4.06. The summed E-state index contributed by atoms with van der Waals surface area (Å²) in [4.78, 5) is 10.6. The molecule has 0 atom stereocenters. The second-order valence-electron chi connectivity index (χ2n) is 2.91. The lowest BCUT2D eigenvalue weighted by atomic mass is 10.2. The van der Waals surface area contributed by atoms with Crippen LogP contribution in [-0.4, -0.2) is 11.1 Å². The molecule has 0 aliphatic carbocycles. The maximum absolute atomic E-state index is 10.6. The van der Waals surface area contributed by atoms with Crippen molar-refractivity contribution in [1.82, 2.24) is 0 Å². The minimum atomic E-state index is -1.08. The highest BCUT2D eigenvalue weighted by molar-refractivity contribution is 5.85. The SMILES string of the molecule is Cc1cc(C(=O)O)oc1-c1ccco1. The van der Waals surface area contributed by atoms with Gasteiger partial charge >= 0.3 is 5.97 Å². The van der Waals surface area contributed by atoms with Crippen LogP contribution >= 0.6 is 0 Å². The van der Waals surface area contributed by atoms with E-state index >= 15 is 0 Å². The van der Waals surface area contributed by atoms with Gasteiger partial charge in [0.05, 0.1) is 6.26 Å². The van der Waals surface area contributed by atoms with Crippen LogP contribution in [0.1, 0.15) is 16.1 Å². The number of carboxylic acids is 1. The van der Waals surface area contributed by atoms with E-state index in [1.165, 1.54) is 12.3 Å². The van der Waals surface area contributed by atoms with E-state index in [0.717, 1.165) is 5.56 Å². The average Bonchev–Trinajstić information content (AvgIpc) is 2.71. The van der Waals surface area contributed by atoms with Crippen LogP contribution in [0.15, 0.2) is 33.3 Å². The Labute approximate surface area is 79.8 Å². The summed E-state index contributed by atoms with van der Waals surface area (Å²) < 4.78 is 10.2. The van der Waals surface area contributed by atoms with E-state index < -0.39 is 5.97 Å².